The molecule has 0 aliphatic rings. The van der Waals surface area contributed by atoms with Crippen LogP contribution in [0, 0.1) is 13.8 Å². The van der Waals surface area contributed by atoms with E-state index in [-0.39, 0.29) is 0 Å². The number of hydrogen-bond acceptors (Lipinski definition) is 4. The highest BCUT2D eigenvalue weighted by atomic mass is 35.5. The molecule has 0 saturated carbocycles. The Kier molecular flexibility index (Phi) is 6.77. The number of amides is 1. The van der Waals surface area contributed by atoms with Crippen LogP contribution in [0.1, 0.15) is 34.2 Å². The minimum atomic E-state index is -1.04. The van der Waals surface area contributed by atoms with E-state index in [1.165, 1.54) is 13.1 Å². The SMILES string of the molecule is Cc1ccc(C)n1-c1ccc(Cl)c(C(=O)NN=Cc2ccc(O[C@@H](C)C(=O)O)cc2)c1. The van der Waals surface area contributed by atoms with E-state index in [1.54, 1.807) is 36.4 Å². The van der Waals surface area contributed by atoms with Crippen molar-refractivity contribution in [2.75, 3.05) is 0 Å². The van der Waals surface area contributed by atoms with Gasteiger partial charge in [0, 0.05) is 17.1 Å². The Bertz CT molecular complexity index is 1120. The molecule has 0 aliphatic heterocycles. The summed E-state index contributed by atoms with van der Waals surface area (Å²) in [5.41, 5.74) is 6.44. The molecule has 0 saturated heterocycles. The van der Waals surface area contributed by atoms with Crippen LogP contribution in [0.25, 0.3) is 5.69 Å². The number of ether oxygens (including phenoxy) is 1. The van der Waals surface area contributed by atoms with Crippen LogP contribution in [0.4, 0.5) is 0 Å². The van der Waals surface area contributed by atoms with Crippen LogP contribution < -0.4 is 10.2 Å². The predicted octanol–water partition coefficient (Wildman–Crippen LogP) is 4.36. The van der Waals surface area contributed by atoms with Gasteiger partial charge in [-0.25, -0.2) is 10.2 Å². The normalized spacial score (nSPS) is 12.0. The average molecular weight is 440 g/mol. The molecule has 0 unspecified atom stereocenters. The minimum absolute atomic E-state index is 0.315. The molecule has 0 aliphatic carbocycles. The first kappa shape index (κ1) is 22.1. The maximum atomic E-state index is 12.6. The minimum Gasteiger partial charge on any atom is -0.479 e. The van der Waals surface area contributed by atoms with Gasteiger partial charge in [0.1, 0.15) is 5.75 Å². The quantitative estimate of drug-likeness (QED) is 0.422. The monoisotopic (exact) mass is 439 g/mol. The fraction of sp³-hybridized carbons (Fsp3) is 0.174. The van der Waals surface area contributed by atoms with Crippen LogP contribution in [0.3, 0.4) is 0 Å². The zero-order valence-electron chi connectivity index (χ0n) is 17.3. The Morgan fingerprint density at radius 1 is 1.10 bits per heavy atom. The molecule has 0 spiro atoms. The molecule has 160 valence electrons. The zero-order valence-corrected chi connectivity index (χ0v) is 18.1. The number of carboxylic acids is 1. The summed E-state index contributed by atoms with van der Waals surface area (Å²) in [7, 11) is 0. The van der Waals surface area contributed by atoms with Crippen molar-refractivity contribution < 1.29 is 19.4 Å². The van der Waals surface area contributed by atoms with E-state index in [0.717, 1.165) is 17.1 Å². The Balaban J connectivity index is 1.69. The lowest BCUT2D eigenvalue weighted by molar-refractivity contribution is -0.144. The zero-order chi connectivity index (χ0) is 22.5. The Labute approximate surface area is 184 Å². The molecule has 0 fully saturated rings. The molecule has 2 aromatic carbocycles. The highest BCUT2D eigenvalue weighted by Gasteiger charge is 2.14. The number of rotatable bonds is 7. The van der Waals surface area contributed by atoms with Gasteiger partial charge in [0.05, 0.1) is 16.8 Å². The van der Waals surface area contributed by atoms with Crippen molar-refractivity contribution in [3.8, 4) is 11.4 Å². The van der Waals surface area contributed by atoms with Crippen LogP contribution >= 0.6 is 11.6 Å². The second-order valence-corrected chi connectivity index (χ2v) is 7.39. The number of carbonyl (C=O) groups excluding carboxylic acids is 1. The van der Waals surface area contributed by atoms with E-state index in [9.17, 15) is 9.59 Å². The molecule has 8 heteroatoms. The number of aromatic nitrogens is 1. The molecular formula is C23H22ClN3O4. The van der Waals surface area contributed by atoms with Crippen molar-refractivity contribution in [3.05, 3.63) is 82.1 Å². The summed E-state index contributed by atoms with van der Waals surface area (Å²) in [5.74, 6) is -1.05. The van der Waals surface area contributed by atoms with Gasteiger partial charge in [-0.3, -0.25) is 4.79 Å². The van der Waals surface area contributed by atoms with Gasteiger partial charge in [0.2, 0.25) is 0 Å². The van der Waals surface area contributed by atoms with E-state index in [4.69, 9.17) is 21.4 Å². The lowest BCUT2D eigenvalue weighted by Gasteiger charge is -2.12. The number of benzene rings is 2. The van der Waals surface area contributed by atoms with Crippen LogP contribution in [0.5, 0.6) is 5.75 Å². The molecule has 0 radical (unpaired) electrons. The van der Waals surface area contributed by atoms with Gasteiger partial charge in [0.25, 0.3) is 5.91 Å². The number of aliphatic carboxylic acids is 1. The van der Waals surface area contributed by atoms with E-state index < -0.39 is 18.0 Å². The van der Waals surface area contributed by atoms with Gasteiger partial charge in [-0.15, -0.1) is 0 Å². The standard InChI is InChI=1S/C23H22ClN3O4/c1-14-4-5-15(2)27(14)18-8-11-21(24)20(12-18)22(28)26-25-13-17-6-9-19(10-7-17)31-16(3)23(29)30/h4-13,16H,1-3H3,(H,26,28)(H,29,30)/t16-/m0/s1. The van der Waals surface area contributed by atoms with Crippen molar-refractivity contribution in [1.29, 1.82) is 0 Å². The lowest BCUT2D eigenvalue weighted by Crippen LogP contribution is -2.22. The summed E-state index contributed by atoms with van der Waals surface area (Å²) in [6.07, 6.45) is 0.527. The van der Waals surface area contributed by atoms with Gasteiger partial charge in [-0.1, -0.05) is 11.6 Å². The lowest BCUT2D eigenvalue weighted by atomic mass is 10.2. The third-order valence-electron chi connectivity index (χ3n) is 4.64. The van der Waals surface area contributed by atoms with Crippen LogP contribution in [0.15, 0.2) is 59.7 Å². The largest absolute Gasteiger partial charge is 0.479 e. The molecule has 1 heterocycles. The summed E-state index contributed by atoms with van der Waals surface area (Å²) in [6, 6.07) is 15.9. The fourth-order valence-electron chi connectivity index (χ4n) is 3.01. The van der Waals surface area contributed by atoms with Crippen molar-refractivity contribution >= 4 is 29.7 Å². The first-order valence-electron chi connectivity index (χ1n) is 9.54. The van der Waals surface area contributed by atoms with Crippen LogP contribution in [-0.2, 0) is 4.79 Å². The molecule has 1 aromatic heterocycles. The smallest absolute Gasteiger partial charge is 0.344 e. The maximum Gasteiger partial charge on any atom is 0.344 e. The number of nitrogens with one attached hydrogen (secondary N) is 1. The first-order chi connectivity index (χ1) is 14.8. The maximum absolute atomic E-state index is 12.6. The molecule has 1 amide bonds. The molecule has 3 rings (SSSR count). The van der Waals surface area contributed by atoms with Gasteiger partial charge < -0.3 is 14.4 Å². The van der Waals surface area contributed by atoms with E-state index in [1.807, 2.05) is 36.6 Å². The summed E-state index contributed by atoms with van der Waals surface area (Å²) in [5, 5.41) is 13.2. The number of aryl methyl sites for hydroxylation is 2. The Hall–Kier alpha value is -3.58. The highest BCUT2D eigenvalue weighted by molar-refractivity contribution is 6.33. The number of carbonyl (C=O) groups is 2. The molecule has 7 nitrogen and oxygen atoms in total. The molecule has 3 aromatic rings. The topological polar surface area (TPSA) is 92.9 Å². The van der Waals surface area contributed by atoms with Crippen molar-refractivity contribution in [3.63, 3.8) is 0 Å². The van der Waals surface area contributed by atoms with Crippen molar-refractivity contribution in [1.82, 2.24) is 9.99 Å². The summed E-state index contributed by atoms with van der Waals surface area (Å²) in [6.45, 7) is 5.43. The van der Waals surface area contributed by atoms with Gasteiger partial charge in [-0.2, -0.15) is 5.10 Å². The third-order valence-corrected chi connectivity index (χ3v) is 4.97. The first-order valence-corrected chi connectivity index (χ1v) is 9.92. The average Bonchev–Trinajstić information content (AvgIpc) is 3.07. The van der Waals surface area contributed by atoms with Gasteiger partial charge in [-0.05, 0) is 80.9 Å². The van der Waals surface area contributed by atoms with Crippen molar-refractivity contribution in [2.45, 2.75) is 26.9 Å². The Morgan fingerprint density at radius 2 is 1.74 bits per heavy atom. The summed E-state index contributed by atoms with van der Waals surface area (Å²) >= 11 is 6.23. The van der Waals surface area contributed by atoms with Gasteiger partial charge in [0.15, 0.2) is 6.10 Å². The predicted molar refractivity (Wildman–Crippen MR) is 119 cm³/mol. The highest BCUT2D eigenvalue weighted by Crippen LogP contribution is 2.23. The number of halogens is 1. The van der Waals surface area contributed by atoms with Crippen LogP contribution in [0.2, 0.25) is 5.02 Å². The second kappa shape index (κ2) is 9.49. The number of nitrogens with zero attached hydrogens (tertiary/aromatic N) is 2. The number of hydrazone groups is 1. The fourth-order valence-corrected chi connectivity index (χ4v) is 3.22. The van der Waals surface area contributed by atoms with E-state index in [2.05, 4.69) is 10.5 Å². The molecule has 2 N–H and O–H groups in total. The van der Waals surface area contributed by atoms with Crippen molar-refractivity contribution in [2.24, 2.45) is 5.10 Å². The molecular weight excluding hydrogens is 418 g/mol. The Morgan fingerprint density at radius 3 is 2.35 bits per heavy atom. The third kappa shape index (κ3) is 5.32. The van der Waals surface area contributed by atoms with Gasteiger partial charge >= 0.3 is 5.97 Å². The summed E-state index contributed by atoms with van der Waals surface area (Å²) in [4.78, 5) is 23.4. The second-order valence-electron chi connectivity index (χ2n) is 6.98. The van der Waals surface area contributed by atoms with E-state index >= 15 is 0 Å². The molecule has 0 bridgehead atoms. The molecule has 1 atom stereocenters. The van der Waals surface area contributed by atoms with Crippen LogP contribution in [-0.4, -0.2) is 33.9 Å². The summed E-state index contributed by atoms with van der Waals surface area (Å²) < 4.78 is 7.31. The molecule has 31 heavy (non-hydrogen) atoms. The number of carboxylic acid groups (broad SMARTS) is 1. The van der Waals surface area contributed by atoms with E-state index in [0.29, 0.717) is 21.9 Å². The number of hydrogen-bond donors (Lipinski definition) is 2.